The molecule has 5 nitrogen and oxygen atoms in total. The number of carboxylic acids is 1. The maximum atomic E-state index is 11.6. The SMILES string of the molecule is CC(C)[C@@H](NC(=O)c1ccc(Cl)o1)C(=O)O. The number of amides is 1. The van der Waals surface area contributed by atoms with Gasteiger partial charge in [-0.1, -0.05) is 13.8 Å². The van der Waals surface area contributed by atoms with Crippen LogP contribution in [0, 0.1) is 5.92 Å². The summed E-state index contributed by atoms with van der Waals surface area (Å²) in [5, 5.41) is 11.3. The number of carboxylic acid groups (broad SMARTS) is 1. The summed E-state index contributed by atoms with van der Waals surface area (Å²) in [5.41, 5.74) is 0. The number of hydrogen-bond acceptors (Lipinski definition) is 3. The zero-order chi connectivity index (χ0) is 12.3. The van der Waals surface area contributed by atoms with E-state index in [0.717, 1.165) is 0 Å². The van der Waals surface area contributed by atoms with Crippen LogP contribution in [-0.2, 0) is 4.79 Å². The Morgan fingerprint density at radius 1 is 1.44 bits per heavy atom. The summed E-state index contributed by atoms with van der Waals surface area (Å²) in [6, 6.07) is 1.86. The molecule has 1 amide bonds. The van der Waals surface area contributed by atoms with Gasteiger partial charge in [0.25, 0.3) is 5.91 Å². The van der Waals surface area contributed by atoms with Crippen LogP contribution in [0.2, 0.25) is 5.22 Å². The van der Waals surface area contributed by atoms with Gasteiger partial charge in [0.1, 0.15) is 6.04 Å². The van der Waals surface area contributed by atoms with Gasteiger partial charge in [0.2, 0.25) is 0 Å². The number of hydrogen-bond donors (Lipinski definition) is 2. The van der Waals surface area contributed by atoms with Gasteiger partial charge in [-0.15, -0.1) is 0 Å². The van der Waals surface area contributed by atoms with Crippen molar-refractivity contribution in [3.63, 3.8) is 0 Å². The minimum absolute atomic E-state index is 0.00287. The summed E-state index contributed by atoms with van der Waals surface area (Å²) in [6.45, 7) is 3.41. The van der Waals surface area contributed by atoms with Crippen LogP contribution in [-0.4, -0.2) is 23.0 Å². The lowest BCUT2D eigenvalue weighted by molar-refractivity contribution is -0.140. The van der Waals surface area contributed by atoms with Crippen molar-refractivity contribution in [2.24, 2.45) is 5.92 Å². The smallest absolute Gasteiger partial charge is 0.326 e. The van der Waals surface area contributed by atoms with Crippen molar-refractivity contribution >= 4 is 23.5 Å². The Bertz CT molecular complexity index is 399. The summed E-state index contributed by atoms with van der Waals surface area (Å²) >= 11 is 5.50. The van der Waals surface area contributed by atoms with Crippen LogP contribution >= 0.6 is 11.6 Å². The second kappa shape index (κ2) is 5.03. The zero-order valence-corrected chi connectivity index (χ0v) is 9.62. The molecule has 0 aliphatic heterocycles. The van der Waals surface area contributed by atoms with Crippen molar-refractivity contribution in [3.8, 4) is 0 Å². The molecule has 0 radical (unpaired) electrons. The Kier molecular flexibility index (Phi) is 3.95. The van der Waals surface area contributed by atoms with Crippen LogP contribution in [0.1, 0.15) is 24.4 Å². The molecule has 1 heterocycles. The quantitative estimate of drug-likeness (QED) is 0.847. The highest BCUT2D eigenvalue weighted by molar-refractivity contribution is 6.29. The fourth-order valence-corrected chi connectivity index (χ4v) is 1.31. The van der Waals surface area contributed by atoms with E-state index >= 15 is 0 Å². The van der Waals surface area contributed by atoms with Crippen molar-refractivity contribution < 1.29 is 19.1 Å². The Morgan fingerprint density at radius 3 is 2.44 bits per heavy atom. The molecule has 0 aromatic carbocycles. The van der Waals surface area contributed by atoms with Crippen molar-refractivity contribution in [2.45, 2.75) is 19.9 Å². The zero-order valence-electron chi connectivity index (χ0n) is 8.86. The predicted molar refractivity (Wildman–Crippen MR) is 57.4 cm³/mol. The molecule has 0 saturated heterocycles. The van der Waals surface area contributed by atoms with Crippen molar-refractivity contribution in [2.75, 3.05) is 0 Å². The molecule has 1 aromatic rings. The molecule has 0 saturated carbocycles. The summed E-state index contributed by atoms with van der Waals surface area (Å²) in [6.07, 6.45) is 0. The molecule has 0 spiro atoms. The van der Waals surface area contributed by atoms with E-state index in [1.54, 1.807) is 13.8 Å². The van der Waals surface area contributed by atoms with Gasteiger partial charge in [0.15, 0.2) is 11.0 Å². The second-order valence-electron chi connectivity index (χ2n) is 3.64. The van der Waals surface area contributed by atoms with Gasteiger partial charge in [-0.25, -0.2) is 4.79 Å². The fourth-order valence-electron chi connectivity index (χ4n) is 1.16. The van der Waals surface area contributed by atoms with E-state index in [2.05, 4.69) is 5.32 Å². The van der Waals surface area contributed by atoms with E-state index in [9.17, 15) is 9.59 Å². The minimum Gasteiger partial charge on any atom is -0.480 e. The molecule has 6 heteroatoms. The van der Waals surface area contributed by atoms with E-state index in [1.807, 2.05) is 0 Å². The molecule has 88 valence electrons. The third kappa shape index (κ3) is 3.00. The molecule has 0 unspecified atom stereocenters. The number of halogens is 1. The molecule has 0 bridgehead atoms. The molecular formula is C10H12ClNO4. The number of carbonyl (C=O) groups excluding carboxylic acids is 1. The van der Waals surface area contributed by atoms with Gasteiger partial charge < -0.3 is 14.8 Å². The molecule has 0 aliphatic rings. The summed E-state index contributed by atoms with van der Waals surface area (Å²) in [5.74, 6) is -1.89. The highest BCUT2D eigenvalue weighted by Gasteiger charge is 2.25. The maximum absolute atomic E-state index is 11.6. The van der Waals surface area contributed by atoms with Gasteiger partial charge in [-0.2, -0.15) is 0 Å². The molecular weight excluding hydrogens is 234 g/mol. The Balaban J connectivity index is 2.73. The van der Waals surface area contributed by atoms with Gasteiger partial charge in [-0.05, 0) is 29.7 Å². The Labute approximate surface area is 97.4 Å². The first kappa shape index (κ1) is 12.6. The molecule has 1 rings (SSSR count). The first-order valence-electron chi connectivity index (χ1n) is 4.71. The van der Waals surface area contributed by atoms with E-state index in [-0.39, 0.29) is 16.9 Å². The third-order valence-corrected chi connectivity index (χ3v) is 2.22. The van der Waals surface area contributed by atoms with Gasteiger partial charge in [-0.3, -0.25) is 4.79 Å². The van der Waals surface area contributed by atoms with Crippen LogP contribution < -0.4 is 5.32 Å². The van der Waals surface area contributed by atoms with Crippen molar-refractivity contribution in [1.82, 2.24) is 5.32 Å². The summed E-state index contributed by atoms with van der Waals surface area (Å²) in [4.78, 5) is 22.4. The predicted octanol–water partition coefficient (Wildman–Crippen LogP) is 1.77. The highest BCUT2D eigenvalue weighted by atomic mass is 35.5. The fraction of sp³-hybridized carbons (Fsp3) is 0.400. The average molecular weight is 246 g/mol. The highest BCUT2D eigenvalue weighted by Crippen LogP contribution is 2.13. The monoisotopic (exact) mass is 245 g/mol. The van der Waals surface area contributed by atoms with Gasteiger partial charge in [0.05, 0.1) is 0 Å². The molecule has 1 atom stereocenters. The molecule has 2 N–H and O–H groups in total. The number of carbonyl (C=O) groups is 2. The molecule has 0 fully saturated rings. The lowest BCUT2D eigenvalue weighted by atomic mass is 10.0. The van der Waals surface area contributed by atoms with Gasteiger partial charge >= 0.3 is 5.97 Å². The number of aliphatic carboxylic acids is 1. The largest absolute Gasteiger partial charge is 0.480 e. The third-order valence-electron chi connectivity index (χ3n) is 2.02. The minimum atomic E-state index is -1.08. The first-order valence-corrected chi connectivity index (χ1v) is 5.08. The average Bonchev–Trinajstić information content (AvgIpc) is 2.59. The van der Waals surface area contributed by atoms with E-state index in [0.29, 0.717) is 0 Å². The lowest BCUT2D eigenvalue weighted by Gasteiger charge is -2.16. The van der Waals surface area contributed by atoms with Crippen molar-refractivity contribution in [3.05, 3.63) is 23.1 Å². The van der Waals surface area contributed by atoms with Crippen LogP contribution in [0.15, 0.2) is 16.5 Å². The van der Waals surface area contributed by atoms with Crippen LogP contribution in [0.3, 0.4) is 0 Å². The summed E-state index contributed by atoms with van der Waals surface area (Å²) < 4.78 is 4.87. The van der Waals surface area contributed by atoms with E-state index in [1.165, 1.54) is 12.1 Å². The Morgan fingerprint density at radius 2 is 2.06 bits per heavy atom. The van der Waals surface area contributed by atoms with E-state index in [4.69, 9.17) is 21.1 Å². The molecule has 0 aliphatic carbocycles. The molecule has 1 aromatic heterocycles. The molecule has 16 heavy (non-hydrogen) atoms. The van der Waals surface area contributed by atoms with Crippen LogP contribution in [0.5, 0.6) is 0 Å². The Hall–Kier alpha value is -1.49. The number of furan rings is 1. The van der Waals surface area contributed by atoms with Gasteiger partial charge in [0, 0.05) is 0 Å². The lowest BCUT2D eigenvalue weighted by Crippen LogP contribution is -2.44. The second-order valence-corrected chi connectivity index (χ2v) is 4.01. The van der Waals surface area contributed by atoms with Crippen molar-refractivity contribution in [1.29, 1.82) is 0 Å². The first-order chi connectivity index (χ1) is 7.41. The van der Waals surface area contributed by atoms with E-state index < -0.39 is 17.9 Å². The number of rotatable bonds is 4. The van der Waals surface area contributed by atoms with Crippen LogP contribution in [0.4, 0.5) is 0 Å². The normalized spacial score (nSPS) is 12.5. The number of nitrogens with one attached hydrogen (secondary N) is 1. The van der Waals surface area contributed by atoms with Crippen LogP contribution in [0.25, 0.3) is 0 Å². The summed E-state index contributed by atoms with van der Waals surface area (Å²) in [7, 11) is 0. The topological polar surface area (TPSA) is 79.5 Å². The maximum Gasteiger partial charge on any atom is 0.326 e. The standard InChI is InChI=1S/C10H12ClNO4/c1-5(2)8(10(14)15)12-9(13)6-3-4-7(11)16-6/h3-5,8H,1-2H3,(H,12,13)(H,14,15)/t8-/m1/s1.